The third kappa shape index (κ3) is 39.6. The smallest absolute Gasteiger partial charge is 0.247 e. The standard InChI is InChI=1S/C9H12.3C8H11N.2C7H10O.2C7H10S.C5H5NO.C4H10/c1-8(2)9-6-4-3-5-7-9;1-7(2)8-3-5-9-6-4-8;1-7(2)8-4-3-5-9-6-8;1-7(2)8-5-3-4-6-9-8;1-6(2)7-3-4-8-5-7;1-6(2)7-4-3-5-8-7;1-6(2)7-3-4-8-5-7;1-6(2)7-4-3-5-8-7;7-5-3-1-2-4-6-5;1-4(2)3/h3-8H,1-2H3;3*3-7H,1-2H3;4*3-6H,1-2H3;1-4H,(H,6,7);4H,1-3H3. The zero-order valence-electron chi connectivity index (χ0n) is 51.6. The van der Waals surface area contributed by atoms with Crippen LogP contribution in [0.25, 0.3) is 0 Å². The Morgan fingerprint density at radius 1 is 0.430 bits per heavy atom. The number of benzene rings is 1. The monoisotopic (exact) mass is 1110 g/mol. The Balaban J connectivity index is 0.000000860. The van der Waals surface area contributed by atoms with Crippen molar-refractivity contribution in [2.45, 2.75) is 179 Å². The number of furan rings is 2. The number of hydrogen-bond acceptors (Lipinski definition) is 8. The van der Waals surface area contributed by atoms with Crippen molar-refractivity contribution in [1.29, 1.82) is 0 Å². The van der Waals surface area contributed by atoms with Crippen molar-refractivity contribution in [3.8, 4) is 0 Å². The molecular formula is C70H100N4O3S2. The topological polar surface area (TPSA) is 97.8 Å². The quantitative estimate of drug-likeness (QED) is 0.163. The second kappa shape index (κ2) is 45.4. The molecule has 79 heavy (non-hydrogen) atoms. The third-order valence-corrected chi connectivity index (χ3v) is 12.7. The zero-order chi connectivity index (χ0) is 59.4. The van der Waals surface area contributed by atoms with Gasteiger partial charge in [-0.3, -0.25) is 19.7 Å². The molecule has 0 amide bonds. The lowest BCUT2D eigenvalue weighted by atomic mass is 10.0. The molecule has 0 aliphatic rings. The van der Waals surface area contributed by atoms with Gasteiger partial charge in [0.15, 0.2) is 0 Å². The first-order valence-electron chi connectivity index (χ1n) is 28.1. The molecule has 0 saturated heterocycles. The van der Waals surface area contributed by atoms with Gasteiger partial charge in [-0.15, -0.1) is 11.3 Å². The first-order chi connectivity index (χ1) is 37.6. The predicted molar refractivity (Wildman–Crippen MR) is 345 cm³/mol. The Morgan fingerprint density at radius 2 is 1.01 bits per heavy atom. The molecule has 1 N–H and O–H groups in total. The molecule has 0 bridgehead atoms. The van der Waals surface area contributed by atoms with Crippen LogP contribution in [-0.4, -0.2) is 19.9 Å². The van der Waals surface area contributed by atoms with E-state index in [1.807, 2.05) is 96.8 Å². The molecule has 0 atom stereocenters. The van der Waals surface area contributed by atoms with Gasteiger partial charge in [-0.05, 0) is 158 Å². The molecule has 7 nitrogen and oxygen atoms in total. The van der Waals surface area contributed by atoms with Crippen LogP contribution in [0.3, 0.4) is 0 Å². The molecule has 8 heterocycles. The van der Waals surface area contributed by atoms with Gasteiger partial charge in [0.2, 0.25) is 5.56 Å². The minimum absolute atomic E-state index is 0.0532. The molecule has 0 radical (unpaired) electrons. The second-order valence-corrected chi connectivity index (χ2v) is 23.3. The van der Waals surface area contributed by atoms with Crippen LogP contribution < -0.4 is 5.56 Å². The molecule has 0 unspecified atom stereocenters. The van der Waals surface area contributed by atoms with Crippen molar-refractivity contribution < 1.29 is 8.83 Å². The van der Waals surface area contributed by atoms with E-state index in [4.69, 9.17) is 8.83 Å². The van der Waals surface area contributed by atoms with Gasteiger partial charge in [-0.2, -0.15) is 11.3 Å². The summed E-state index contributed by atoms with van der Waals surface area (Å²) in [5, 5.41) is 6.44. The fourth-order valence-electron chi connectivity index (χ4n) is 5.84. The van der Waals surface area contributed by atoms with Gasteiger partial charge in [-0.25, -0.2) is 0 Å². The van der Waals surface area contributed by atoms with Gasteiger partial charge in [-0.1, -0.05) is 186 Å². The first-order valence-corrected chi connectivity index (χ1v) is 29.9. The number of rotatable bonds is 8. The molecular weight excluding hydrogens is 1010 g/mol. The Labute approximate surface area is 487 Å². The van der Waals surface area contributed by atoms with E-state index >= 15 is 0 Å². The maximum atomic E-state index is 10.2. The highest BCUT2D eigenvalue weighted by Gasteiger charge is 2.00. The number of thiophene rings is 2. The van der Waals surface area contributed by atoms with Crippen LogP contribution in [0.1, 0.15) is 223 Å². The number of hydrogen-bond donors (Lipinski definition) is 1. The maximum absolute atomic E-state index is 10.2. The highest BCUT2D eigenvalue weighted by Crippen LogP contribution is 2.20. The van der Waals surface area contributed by atoms with E-state index in [1.54, 1.807) is 54.7 Å². The highest BCUT2D eigenvalue weighted by molar-refractivity contribution is 7.10. The molecule has 9 heteroatoms. The van der Waals surface area contributed by atoms with E-state index in [-0.39, 0.29) is 5.56 Å². The van der Waals surface area contributed by atoms with Gasteiger partial charge < -0.3 is 13.8 Å². The van der Waals surface area contributed by atoms with Crippen LogP contribution in [0, 0.1) is 5.92 Å². The molecule has 430 valence electrons. The summed E-state index contributed by atoms with van der Waals surface area (Å²) >= 11 is 3.60. The first kappa shape index (κ1) is 72.6. The van der Waals surface area contributed by atoms with E-state index in [2.05, 4.69) is 216 Å². The Bertz CT molecular complexity index is 2310. The van der Waals surface area contributed by atoms with Crippen molar-refractivity contribution in [2.75, 3.05) is 0 Å². The van der Waals surface area contributed by atoms with Gasteiger partial charge in [0.1, 0.15) is 5.76 Å². The van der Waals surface area contributed by atoms with Crippen molar-refractivity contribution >= 4 is 22.7 Å². The lowest BCUT2D eigenvalue weighted by Crippen LogP contribution is -1.98. The Hall–Kier alpha value is -6.42. The molecule has 0 spiro atoms. The lowest BCUT2D eigenvalue weighted by molar-refractivity contribution is 0.487. The minimum Gasteiger partial charge on any atom is -0.472 e. The summed E-state index contributed by atoms with van der Waals surface area (Å²) in [5.74, 6) is 6.82. The van der Waals surface area contributed by atoms with E-state index in [9.17, 15) is 4.79 Å². The van der Waals surface area contributed by atoms with Gasteiger partial charge >= 0.3 is 0 Å². The number of H-pyrrole nitrogens is 1. The molecule has 9 aromatic rings. The molecule has 0 fully saturated rings. The highest BCUT2D eigenvalue weighted by atomic mass is 32.1. The molecule has 0 aliphatic carbocycles. The number of aromatic nitrogens is 4. The molecule has 0 saturated carbocycles. The molecule has 9 rings (SSSR count). The van der Waals surface area contributed by atoms with Gasteiger partial charge in [0, 0.05) is 59.7 Å². The second-order valence-electron chi connectivity index (χ2n) is 21.6. The van der Waals surface area contributed by atoms with Crippen molar-refractivity contribution in [3.63, 3.8) is 0 Å². The molecule has 8 aromatic heterocycles. The van der Waals surface area contributed by atoms with Crippen LogP contribution in [0.2, 0.25) is 0 Å². The average molecular weight is 1110 g/mol. The van der Waals surface area contributed by atoms with Crippen molar-refractivity contribution in [1.82, 2.24) is 19.9 Å². The van der Waals surface area contributed by atoms with Crippen LogP contribution in [0.5, 0.6) is 0 Å². The summed E-state index contributed by atoms with van der Waals surface area (Å²) < 4.78 is 9.97. The van der Waals surface area contributed by atoms with E-state index in [0.29, 0.717) is 47.3 Å². The van der Waals surface area contributed by atoms with E-state index in [0.717, 1.165) is 17.4 Å². The van der Waals surface area contributed by atoms with E-state index < -0.39 is 0 Å². The summed E-state index contributed by atoms with van der Waals surface area (Å²) in [6.07, 6.45) is 16.0. The summed E-state index contributed by atoms with van der Waals surface area (Å²) in [7, 11) is 0. The fourth-order valence-corrected chi connectivity index (χ4v) is 7.41. The lowest BCUT2D eigenvalue weighted by Gasteiger charge is -2.01. The fraction of sp³-hybridized carbons (Fsp3) is 0.400. The summed E-state index contributed by atoms with van der Waals surface area (Å²) in [6.45, 7) is 41.2. The van der Waals surface area contributed by atoms with Gasteiger partial charge in [0.25, 0.3) is 0 Å². The van der Waals surface area contributed by atoms with Crippen LogP contribution in [-0.2, 0) is 0 Å². The van der Waals surface area contributed by atoms with Crippen LogP contribution in [0.4, 0.5) is 0 Å². The Kier molecular flexibility index (Phi) is 41.8. The largest absolute Gasteiger partial charge is 0.472 e. The van der Waals surface area contributed by atoms with Crippen LogP contribution >= 0.6 is 22.7 Å². The van der Waals surface area contributed by atoms with Gasteiger partial charge in [0.05, 0.1) is 18.8 Å². The normalized spacial score (nSPS) is 10.0. The maximum Gasteiger partial charge on any atom is 0.247 e. The summed E-state index contributed by atoms with van der Waals surface area (Å²) in [6, 6.07) is 41.9. The average Bonchev–Trinajstić information content (AvgIpc) is 4.31. The third-order valence-electron chi connectivity index (χ3n) is 10.8. The van der Waals surface area contributed by atoms with E-state index in [1.165, 1.54) is 38.8 Å². The SMILES string of the molecule is CC(C)C.CC(C)c1ccccc1.CC(C)c1ccccn1.CC(C)c1cccnc1.CC(C)c1ccco1.CC(C)c1cccs1.CC(C)c1ccncc1.CC(C)c1ccoc1.CC(C)c1ccsc1.O=c1cccc[nH]1. The summed E-state index contributed by atoms with van der Waals surface area (Å²) in [5.41, 5.74) is 7.90. The minimum atomic E-state index is -0.0532. The molecule has 1 aromatic carbocycles. The zero-order valence-corrected chi connectivity index (χ0v) is 53.3. The molecule has 0 aliphatic heterocycles. The number of nitrogens with zero attached hydrogens (tertiary/aromatic N) is 3. The number of pyridine rings is 4. The predicted octanol–water partition coefficient (Wildman–Crippen LogP) is 22.0. The summed E-state index contributed by atoms with van der Waals surface area (Å²) in [4.78, 5) is 26.3. The number of aromatic amines is 1. The van der Waals surface area contributed by atoms with Crippen molar-refractivity contribution in [3.05, 3.63) is 254 Å². The Morgan fingerprint density at radius 3 is 1.29 bits per heavy atom. The number of nitrogens with one attached hydrogen (secondary N) is 1. The van der Waals surface area contributed by atoms with Crippen LogP contribution in [0.15, 0.2) is 213 Å². The van der Waals surface area contributed by atoms with Crippen molar-refractivity contribution in [2.24, 2.45) is 5.92 Å².